The van der Waals surface area contributed by atoms with Crippen LogP contribution in [0.5, 0.6) is 0 Å². The molecule has 1 aromatic carbocycles. The molecule has 4 rings (SSSR count). The van der Waals surface area contributed by atoms with E-state index < -0.39 is 5.60 Å². The fourth-order valence-corrected chi connectivity index (χ4v) is 4.42. The molecule has 0 unspecified atom stereocenters. The third kappa shape index (κ3) is 4.52. The molecule has 3 heterocycles. The van der Waals surface area contributed by atoms with Crippen molar-refractivity contribution in [3.63, 3.8) is 0 Å². The molecule has 0 atom stereocenters. The van der Waals surface area contributed by atoms with Gasteiger partial charge < -0.3 is 15.3 Å². The van der Waals surface area contributed by atoms with Crippen LogP contribution in [0.4, 0.5) is 15.2 Å². The quantitative estimate of drug-likeness (QED) is 0.581. The van der Waals surface area contributed by atoms with E-state index >= 15 is 0 Å². The number of aliphatic hydroxyl groups is 1. The molecular weight excluding hydrogens is 401 g/mol. The number of halogens is 1. The zero-order valence-electron chi connectivity index (χ0n) is 17.0. The molecule has 1 fully saturated rings. The summed E-state index contributed by atoms with van der Waals surface area (Å²) < 4.78 is 14.6. The van der Waals surface area contributed by atoms with Gasteiger partial charge in [0.1, 0.15) is 11.6 Å². The van der Waals surface area contributed by atoms with Gasteiger partial charge in [0.05, 0.1) is 22.8 Å². The Morgan fingerprint density at radius 2 is 2.07 bits per heavy atom. The Bertz CT molecular complexity index is 1070. The molecule has 7 heteroatoms. The molecule has 156 valence electrons. The molecule has 5 nitrogen and oxygen atoms in total. The summed E-state index contributed by atoms with van der Waals surface area (Å²) in [4.78, 5) is 19.1. The summed E-state index contributed by atoms with van der Waals surface area (Å²) in [6.07, 6.45) is 1.52. The number of thiophene rings is 1. The second-order valence-electron chi connectivity index (χ2n) is 7.98. The lowest BCUT2D eigenvalue weighted by Crippen LogP contribution is -2.24. The zero-order chi connectivity index (χ0) is 21.3. The number of carbonyl (C=O) groups excluding carboxylic acids is 1. The van der Waals surface area contributed by atoms with Crippen LogP contribution in [0.2, 0.25) is 0 Å². The maximum atomic E-state index is 14.6. The normalized spacial score (nSPS) is 14.4. The lowest BCUT2D eigenvalue weighted by atomic mass is 9.97. The van der Waals surface area contributed by atoms with E-state index in [-0.39, 0.29) is 11.7 Å². The molecule has 3 aromatic rings. The molecule has 2 aromatic heterocycles. The van der Waals surface area contributed by atoms with Crippen molar-refractivity contribution in [2.45, 2.75) is 38.8 Å². The van der Waals surface area contributed by atoms with E-state index in [1.807, 2.05) is 35.2 Å². The van der Waals surface area contributed by atoms with Crippen molar-refractivity contribution >= 4 is 28.1 Å². The molecule has 0 saturated carbocycles. The smallest absolute Gasteiger partial charge is 0.222 e. The van der Waals surface area contributed by atoms with Crippen LogP contribution in [0.1, 0.15) is 37.9 Å². The number of carbonyl (C=O) groups is 1. The van der Waals surface area contributed by atoms with Gasteiger partial charge in [-0.25, -0.2) is 9.37 Å². The largest absolute Gasteiger partial charge is 0.386 e. The van der Waals surface area contributed by atoms with E-state index in [0.717, 1.165) is 28.5 Å². The summed E-state index contributed by atoms with van der Waals surface area (Å²) in [6.45, 7) is 4.57. The van der Waals surface area contributed by atoms with Gasteiger partial charge in [-0.05, 0) is 56.2 Å². The highest BCUT2D eigenvalue weighted by Gasteiger charge is 2.21. The molecule has 0 aliphatic carbocycles. The van der Waals surface area contributed by atoms with Gasteiger partial charge in [0, 0.05) is 23.4 Å². The first-order valence-electron chi connectivity index (χ1n) is 9.93. The minimum atomic E-state index is -1.09. The van der Waals surface area contributed by atoms with Gasteiger partial charge in [-0.1, -0.05) is 18.2 Å². The number of nitrogens with zero attached hydrogens (tertiary/aromatic N) is 2. The first kappa shape index (κ1) is 20.5. The van der Waals surface area contributed by atoms with Crippen molar-refractivity contribution in [2.24, 2.45) is 0 Å². The second kappa shape index (κ2) is 8.16. The average Bonchev–Trinajstić information content (AvgIpc) is 3.31. The van der Waals surface area contributed by atoms with Crippen LogP contribution in [-0.4, -0.2) is 27.4 Å². The Kier molecular flexibility index (Phi) is 5.58. The third-order valence-electron chi connectivity index (χ3n) is 5.13. The molecule has 0 bridgehead atoms. The van der Waals surface area contributed by atoms with Gasteiger partial charge in [-0.15, -0.1) is 11.3 Å². The Morgan fingerprint density at radius 3 is 2.77 bits per heavy atom. The molecular formula is C23H24FN3O2S. The van der Waals surface area contributed by atoms with Crippen molar-refractivity contribution in [3.8, 4) is 10.4 Å². The van der Waals surface area contributed by atoms with E-state index in [4.69, 9.17) is 0 Å². The highest BCUT2D eigenvalue weighted by Crippen LogP contribution is 2.35. The van der Waals surface area contributed by atoms with Gasteiger partial charge in [0.15, 0.2) is 0 Å². The van der Waals surface area contributed by atoms with Crippen molar-refractivity contribution in [1.82, 2.24) is 9.88 Å². The summed E-state index contributed by atoms with van der Waals surface area (Å²) in [5, 5.41) is 14.2. The number of pyridine rings is 1. The number of hydrogen-bond donors (Lipinski definition) is 2. The monoisotopic (exact) mass is 425 g/mol. The van der Waals surface area contributed by atoms with Gasteiger partial charge in [-0.2, -0.15) is 0 Å². The van der Waals surface area contributed by atoms with E-state index in [0.29, 0.717) is 29.9 Å². The van der Waals surface area contributed by atoms with Crippen molar-refractivity contribution in [2.75, 3.05) is 11.9 Å². The van der Waals surface area contributed by atoms with E-state index in [2.05, 4.69) is 10.3 Å². The van der Waals surface area contributed by atoms with E-state index in [9.17, 15) is 14.3 Å². The lowest BCUT2D eigenvalue weighted by molar-refractivity contribution is -0.128. The molecule has 30 heavy (non-hydrogen) atoms. The number of hydrogen-bond acceptors (Lipinski definition) is 5. The van der Waals surface area contributed by atoms with Crippen LogP contribution in [0.25, 0.3) is 10.4 Å². The molecule has 2 N–H and O–H groups in total. The fraction of sp³-hybridized carbons (Fsp3) is 0.304. The molecule has 1 amide bonds. The summed E-state index contributed by atoms with van der Waals surface area (Å²) >= 11 is 1.43. The third-order valence-corrected chi connectivity index (χ3v) is 6.16. The Hall–Kier alpha value is -2.77. The van der Waals surface area contributed by atoms with Crippen LogP contribution in [0, 0.1) is 5.82 Å². The summed E-state index contributed by atoms with van der Waals surface area (Å²) in [5.41, 5.74) is 0.782. The number of anilines is 2. The number of amides is 1. The number of benzene rings is 1. The van der Waals surface area contributed by atoms with Crippen LogP contribution < -0.4 is 5.32 Å². The predicted molar refractivity (Wildman–Crippen MR) is 117 cm³/mol. The van der Waals surface area contributed by atoms with Crippen LogP contribution >= 0.6 is 11.3 Å². The molecule has 1 aliphatic rings. The maximum absolute atomic E-state index is 14.6. The minimum Gasteiger partial charge on any atom is -0.386 e. The van der Waals surface area contributed by atoms with E-state index in [1.54, 1.807) is 26.0 Å². The van der Waals surface area contributed by atoms with Crippen molar-refractivity contribution in [1.29, 1.82) is 0 Å². The van der Waals surface area contributed by atoms with E-state index in [1.165, 1.54) is 17.4 Å². The van der Waals surface area contributed by atoms with Gasteiger partial charge in [-0.3, -0.25) is 4.79 Å². The number of rotatable bonds is 6. The predicted octanol–water partition coefficient (Wildman–Crippen LogP) is 5.04. The summed E-state index contributed by atoms with van der Waals surface area (Å²) in [6, 6.07) is 14.3. The standard InChI is InChI=1S/C23H24FN3O2S/c1-23(2,29)15-8-9-17(18(24)13-15)19-10-11-21(30-19)26-20-6-3-5-16(25-20)14-27-12-4-7-22(27)28/h3,5-6,8-11,13,29H,4,7,12,14H2,1-2H3,(H,25,26). The number of nitrogens with one attached hydrogen (secondary N) is 1. The Labute approximate surface area is 179 Å². The first-order valence-corrected chi connectivity index (χ1v) is 10.7. The highest BCUT2D eigenvalue weighted by molar-refractivity contribution is 7.19. The van der Waals surface area contributed by atoms with Gasteiger partial charge in [0.2, 0.25) is 5.91 Å². The number of likely N-dealkylation sites (tertiary alicyclic amines) is 1. The fourth-order valence-electron chi connectivity index (χ4n) is 3.48. The average molecular weight is 426 g/mol. The second-order valence-corrected chi connectivity index (χ2v) is 9.06. The Balaban J connectivity index is 1.49. The summed E-state index contributed by atoms with van der Waals surface area (Å²) in [7, 11) is 0. The zero-order valence-corrected chi connectivity index (χ0v) is 17.8. The van der Waals surface area contributed by atoms with Gasteiger partial charge in [0.25, 0.3) is 0 Å². The molecule has 0 radical (unpaired) electrons. The summed E-state index contributed by atoms with van der Waals surface area (Å²) in [5.74, 6) is 0.500. The van der Waals surface area contributed by atoms with Crippen LogP contribution in [0.3, 0.4) is 0 Å². The molecule has 0 spiro atoms. The SMILES string of the molecule is CC(C)(O)c1ccc(-c2ccc(Nc3cccc(CN4CCCC4=O)n3)s2)c(F)c1. The minimum absolute atomic E-state index is 0.177. The molecule has 1 saturated heterocycles. The van der Waals surface area contributed by atoms with Crippen LogP contribution in [-0.2, 0) is 16.9 Å². The van der Waals surface area contributed by atoms with Crippen molar-refractivity contribution < 1.29 is 14.3 Å². The Morgan fingerprint density at radius 1 is 1.23 bits per heavy atom. The van der Waals surface area contributed by atoms with Crippen molar-refractivity contribution in [3.05, 3.63) is 65.6 Å². The lowest BCUT2D eigenvalue weighted by Gasteiger charge is -2.18. The maximum Gasteiger partial charge on any atom is 0.222 e. The van der Waals surface area contributed by atoms with Gasteiger partial charge >= 0.3 is 0 Å². The highest BCUT2D eigenvalue weighted by atomic mass is 32.1. The topological polar surface area (TPSA) is 65.5 Å². The first-order chi connectivity index (χ1) is 14.3. The van der Waals surface area contributed by atoms with Crippen LogP contribution in [0.15, 0.2) is 48.5 Å². The molecule has 1 aliphatic heterocycles. The number of aromatic nitrogens is 1.